The Labute approximate surface area is 91.3 Å². The number of aromatic amines is 1. The largest absolute Gasteiger partial charge is 0.395 e. The Morgan fingerprint density at radius 3 is 2.56 bits per heavy atom. The molecule has 2 rings (SSSR count). The molecule has 0 saturated heterocycles. The van der Waals surface area contributed by atoms with Crippen LogP contribution >= 0.6 is 0 Å². The fourth-order valence-electron chi connectivity index (χ4n) is 2.01. The Morgan fingerprint density at radius 2 is 1.94 bits per heavy atom. The van der Waals surface area contributed by atoms with Gasteiger partial charge in [-0.1, -0.05) is 25.1 Å². The average molecular weight is 227 g/mol. The van der Waals surface area contributed by atoms with Crippen molar-refractivity contribution >= 4 is 10.9 Å². The number of para-hydroxylation sites is 1. The third-order valence-electron chi connectivity index (χ3n) is 2.80. The zero-order valence-electron chi connectivity index (χ0n) is 8.81. The average Bonchev–Trinajstić information content (AvgIpc) is 2.61. The smallest absolute Gasteiger partial charge is 0.361 e. The van der Waals surface area contributed by atoms with Gasteiger partial charge in [-0.3, -0.25) is 0 Å². The van der Waals surface area contributed by atoms with Crippen LogP contribution < -0.4 is 0 Å². The fraction of sp³-hybridized carbons (Fsp3) is 0.333. The Bertz CT molecular complexity index is 484. The third-order valence-corrected chi connectivity index (χ3v) is 2.80. The molecule has 0 bridgehead atoms. The Kier molecular flexibility index (Phi) is 2.66. The highest BCUT2D eigenvalue weighted by molar-refractivity contribution is 5.83. The molecule has 0 radical (unpaired) electrons. The molecule has 0 aliphatic carbocycles. The molecule has 0 spiro atoms. The quantitative estimate of drug-likeness (QED) is 0.790. The van der Waals surface area contributed by atoms with E-state index >= 15 is 0 Å². The summed E-state index contributed by atoms with van der Waals surface area (Å²) in [6.07, 6.45) is -2.66. The molecule has 0 amide bonds. The molecule has 0 aliphatic rings. The number of fused-ring (bicyclic) bond motifs is 1. The molecule has 1 atom stereocenters. The molecule has 1 heterocycles. The van der Waals surface area contributed by atoms with Gasteiger partial charge in [0, 0.05) is 17.1 Å². The maximum absolute atomic E-state index is 12.8. The van der Waals surface area contributed by atoms with Gasteiger partial charge in [-0.15, -0.1) is 0 Å². The molecule has 86 valence electrons. The molecule has 0 fully saturated rings. The van der Waals surface area contributed by atoms with Crippen molar-refractivity contribution in [1.29, 1.82) is 0 Å². The van der Waals surface area contributed by atoms with Crippen molar-refractivity contribution in [3.8, 4) is 0 Å². The van der Waals surface area contributed by atoms with E-state index in [9.17, 15) is 13.2 Å². The van der Waals surface area contributed by atoms with Crippen LogP contribution in [-0.2, 0) is 0 Å². The molecule has 0 aliphatic heterocycles. The summed E-state index contributed by atoms with van der Waals surface area (Å²) in [5, 5.41) is 0.659. The molecule has 1 unspecified atom stereocenters. The Morgan fingerprint density at radius 1 is 1.25 bits per heavy atom. The summed E-state index contributed by atoms with van der Waals surface area (Å²) >= 11 is 0. The van der Waals surface area contributed by atoms with Gasteiger partial charge >= 0.3 is 6.18 Å². The minimum Gasteiger partial charge on any atom is -0.361 e. The monoisotopic (exact) mass is 227 g/mol. The zero-order valence-corrected chi connectivity index (χ0v) is 8.81. The highest BCUT2D eigenvalue weighted by Gasteiger charge is 2.40. The van der Waals surface area contributed by atoms with E-state index in [1.54, 1.807) is 31.2 Å². The maximum Gasteiger partial charge on any atom is 0.395 e. The van der Waals surface area contributed by atoms with Crippen molar-refractivity contribution in [2.45, 2.75) is 25.4 Å². The van der Waals surface area contributed by atoms with Gasteiger partial charge < -0.3 is 4.98 Å². The number of H-pyrrole nitrogens is 1. The lowest BCUT2D eigenvalue weighted by Crippen LogP contribution is -2.19. The molecule has 0 saturated carbocycles. The van der Waals surface area contributed by atoms with Crippen molar-refractivity contribution in [2.24, 2.45) is 0 Å². The van der Waals surface area contributed by atoms with Crippen molar-refractivity contribution in [3.63, 3.8) is 0 Å². The molecular weight excluding hydrogens is 215 g/mol. The molecular formula is C12H12F3N. The van der Waals surface area contributed by atoms with Gasteiger partial charge in [0.05, 0.1) is 5.92 Å². The minimum absolute atomic E-state index is 0.0609. The van der Waals surface area contributed by atoms with Gasteiger partial charge in [0.1, 0.15) is 0 Å². The molecule has 1 aromatic carbocycles. The highest BCUT2D eigenvalue weighted by Crippen LogP contribution is 2.39. The van der Waals surface area contributed by atoms with Gasteiger partial charge in [0.25, 0.3) is 0 Å². The van der Waals surface area contributed by atoms with Gasteiger partial charge in [-0.2, -0.15) is 13.2 Å². The third kappa shape index (κ3) is 1.79. The van der Waals surface area contributed by atoms with Gasteiger partial charge in [0.15, 0.2) is 0 Å². The summed E-state index contributed by atoms with van der Waals surface area (Å²) in [4.78, 5) is 2.88. The van der Waals surface area contributed by atoms with E-state index in [4.69, 9.17) is 0 Å². The number of alkyl halides is 3. The van der Waals surface area contributed by atoms with Gasteiger partial charge in [0.2, 0.25) is 0 Å². The maximum atomic E-state index is 12.8. The van der Waals surface area contributed by atoms with Crippen LogP contribution in [0.25, 0.3) is 10.9 Å². The van der Waals surface area contributed by atoms with E-state index in [2.05, 4.69) is 4.98 Å². The molecule has 1 N–H and O–H groups in total. The van der Waals surface area contributed by atoms with Crippen LogP contribution in [0.4, 0.5) is 13.2 Å². The van der Waals surface area contributed by atoms with Crippen molar-refractivity contribution in [1.82, 2.24) is 4.98 Å². The minimum atomic E-state index is -4.18. The first-order chi connectivity index (χ1) is 7.54. The van der Waals surface area contributed by atoms with Gasteiger partial charge in [-0.05, 0) is 18.1 Å². The summed E-state index contributed by atoms with van der Waals surface area (Å²) in [5.74, 6) is -1.39. The van der Waals surface area contributed by atoms with E-state index in [1.807, 2.05) is 0 Å². The lowest BCUT2D eigenvalue weighted by molar-refractivity contribution is -0.150. The van der Waals surface area contributed by atoms with Crippen LogP contribution in [0.5, 0.6) is 0 Å². The number of benzene rings is 1. The second-order valence-electron chi connectivity index (χ2n) is 3.79. The molecule has 1 aromatic heterocycles. The van der Waals surface area contributed by atoms with Crippen LogP contribution in [0.3, 0.4) is 0 Å². The number of aromatic nitrogens is 1. The van der Waals surface area contributed by atoms with Crippen LogP contribution in [0.15, 0.2) is 30.5 Å². The summed E-state index contributed by atoms with van der Waals surface area (Å²) in [6.45, 7) is 1.56. The van der Waals surface area contributed by atoms with Crippen LogP contribution in [0, 0.1) is 0 Å². The number of hydrogen-bond donors (Lipinski definition) is 1. The standard InChI is InChI=1S/C12H12F3N/c1-2-10(12(13,14)15)9-7-16-11-6-4-3-5-8(9)11/h3-7,10,16H,2H2,1H3. The van der Waals surface area contributed by atoms with Crippen molar-refractivity contribution < 1.29 is 13.2 Å². The van der Waals surface area contributed by atoms with Crippen LogP contribution in [0.1, 0.15) is 24.8 Å². The lowest BCUT2D eigenvalue weighted by Gasteiger charge is -2.17. The summed E-state index contributed by atoms with van der Waals surface area (Å²) in [6, 6.07) is 7.05. The number of halogens is 3. The van der Waals surface area contributed by atoms with Crippen molar-refractivity contribution in [3.05, 3.63) is 36.0 Å². The predicted octanol–water partition coefficient (Wildman–Crippen LogP) is 4.22. The first kappa shape index (κ1) is 11.0. The van der Waals surface area contributed by atoms with E-state index in [1.165, 1.54) is 6.20 Å². The van der Waals surface area contributed by atoms with E-state index in [0.29, 0.717) is 10.9 Å². The summed E-state index contributed by atoms with van der Waals surface area (Å²) < 4.78 is 38.4. The zero-order chi connectivity index (χ0) is 11.8. The first-order valence-corrected chi connectivity index (χ1v) is 5.16. The number of rotatable bonds is 2. The Hall–Kier alpha value is -1.45. The normalized spacial score (nSPS) is 14.2. The lowest BCUT2D eigenvalue weighted by atomic mass is 9.95. The van der Waals surface area contributed by atoms with E-state index < -0.39 is 12.1 Å². The first-order valence-electron chi connectivity index (χ1n) is 5.16. The fourth-order valence-corrected chi connectivity index (χ4v) is 2.01. The van der Waals surface area contributed by atoms with Crippen molar-refractivity contribution in [2.75, 3.05) is 0 Å². The SMILES string of the molecule is CCC(c1c[nH]c2ccccc12)C(F)(F)F. The molecule has 2 aromatic rings. The summed E-state index contributed by atoms with van der Waals surface area (Å²) in [7, 11) is 0. The van der Waals surface area contributed by atoms with Crippen LogP contribution in [0.2, 0.25) is 0 Å². The number of nitrogens with one attached hydrogen (secondary N) is 1. The van der Waals surface area contributed by atoms with E-state index in [0.717, 1.165) is 5.52 Å². The second kappa shape index (κ2) is 3.85. The van der Waals surface area contributed by atoms with E-state index in [-0.39, 0.29) is 6.42 Å². The van der Waals surface area contributed by atoms with Gasteiger partial charge in [-0.25, -0.2) is 0 Å². The Balaban J connectivity index is 2.54. The van der Waals surface area contributed by atoms with Crippen LogP contribution in [-0.4, -0.2) is 11.2 Å². The molecule has 4 heteroatoms. The second-order valence-corrected chi connectivity index (χ2v) is 3.79. The highest BCUT2D eigenvalue weighted by atomic mass is 19.4. The topological polar surface area (TPSA) is 15.8 Å². The summed E-state index contributed by atoms with van der Waals surface area (Å²) in [5.41, 5.74) is 1.09. The number of hydrogen-bond acceptors (Lipinski definition) is 0. The predicted molar refractivity (Wildman–Crippen MR) is 57.4 cm³/mol. The molecule has 1 nitrogen and oxygen atoms in total. The molecule has 16 heavy (non-hydrogen) atoms.